The van der Waals surface area contributed by atoms with Crippen LogP contribution in [0, 0.1) is 13.8 Å². The lowest BCUT2D eigenvalue weighted by atomic mass is 9.96. The maximum atomic E-state index is 14.0. The minimum atomic E-state index is -1.00. The molecular weight excluding hydrogens is 566 g/mol. The number of carbonyl (C=O) groups is 2. The van der Waals surface area contributed by atoms with E-state index in [0.29, 0.717) is 44.2 Å². The molecule has 0 aliphatic carbocycles. The topological polar surface area (TPSA) is 112 Å². The van der Waals surface area contributed by atoms with E-state index in [1.54, 1.807) is 54.8 Å². The number of nitrogens with zero attached hydrogens (tertiary/aromatic N) is 3. The summed E-state index contributed by atoms with van der Waals surface area (Å²) < 4.78 is 15.0. The van der Waals surface area contributed by atoms with Crippen molar-refractivity contribution in [3.05, 3.63) is 126 Å². The van der Waals surface area contributed by atoms with Crippen molar-refractivity contribution in [1.82, 2.24) is 9.13 Å². The van der Waals surface area contributed by atoms with Crippen LogP contribution in [0.5, 0.6) is 5.75 Å². The highest BCUT2D eigenvalue weighted by Crippen LogP contribution is 2.32. The normalized spacial score (nSPS) is 14.7. The van der Waals surface area contributed by atoms with Gasteiger partial charge in [-0.2, -0.15) is 0 Å². The van der Waals surface area contributed by atoms with Gasteiger partial charge in [0, 0.05) is 17.1 Å². The highest BCUT2D eigenvalue weighted by atomic mass is 32.1. The summed E-state index contributed by atoms with van der Waals surface area (Å²) in [7, 11) is 0. The van der Waals surface area contributed by atoms with Gasteiger partial charge in [0.05, 0.1) is 34.0 Å². The minimum absolute atomic E-state index is 0.187. The summed E-state index contributed by atoms with van der Waals surface area (Å²) in [6.07, 6.45) is 3.47. The maximum absolute atomic E-state index is 14.0. The molecular formula is C33H31N3O6S. The number of ether oxygens (including phenoxy) is 2. The van der Waals surface area contributed by atoms with Gasteiger partial charge in [-0.05, 0) is 81.3 Å². The zero-order valence-corrected chi connectivity index (χ0v) is 25.1. The van der Waals surface area contributed by atoms with E-state index < -0.39 is 18.0 Å². The molecule has 4 aromatic rings. The van der Waals surface area contributed by atoms with Crippen LogP contribution >= 0.6 is 11.3 Å². The molecule has 0 fully saturated rings. The molecule has 220 valence electrons. The van der Waals surface area contributed by atoms with Gasteiger partial charge in [0.25, 0.3) is 5.56 Å². The first-order chi connectivity index (χ1) is 20.6. The van der Waals surface area contributed by atoms with Gasteiger partial charge in [-0.3, -0.25) is 9.36 Å². The largest absolute Gasteiger partial charge is 0.490 e. The van der Waals surface area contributed by atoms with Gasteiger partial charge in [-0.25, -0.2) is 14.6 Å². The zero-order chi connectivity index (χ0) is 30.8. The number of esters is 1. The Hall–Kier alpha value is -4.96. The van der Waals surface area contributed by atoms with Crippen LogP contribution in [0.2, 0.25) is 0 Å². The van der Waals surface area contributed by atoms with E-state index >= 15 is 0 Å². The standard InChI is InChI=1S/C33H31N3O6S/c1-6-15-42-26-13-11-22(12-14-26)29-28(32(40)41-7-2)20(4)34-33-36(29)30(37)27(43-33)18-24-16-19(3)35(21(24)5)25-10-8-9-23(17-25)31(38)39/h6,8-14,16-18,29H,1,7,15H2,2-5H3,(H,38,39)/b27-18-/t29-/m1/s1. The molecule has 9 nitrogen and oxygen atoms in total. The second-order valence-corrected chi connectivity index (χ2v) is 11.0. The Morgan fingerprint density at radius 3 is 2.53 bits per heavy atom. The van der Waals surface area contributed by atoms with Crippen LogP contribution in [0.15, 0.2) is 88.3 Å². The number of carboxylic acid groups (broad SMARTS) is 1. The lowest BCUT2D eigenvalue weighted by Crippen LogP contribution is -2.39. The van der Waals surface area contributed by atoms with Crippen LogP contribution < -0.4 is 19.6 Å². The quantitative estimate of drug-likeness (QED) is 0.225. The van der Waals surface area contributed by atoms with Gasteiger partial charge in [0.15, 0.2) is 4.80 Å². The molecule has 43 heavy (non-hydrogen) atoms. The molecule has 0 bridgehead atoms. The fourth-order valence-electron chi connectivity index (χ4n) is 5.26. The van der Waals surface area contributed by atoms with Crippen LogP contribution in [0.1, 0.15) is 52.8 Å². The van der Waals surface area contributed by atoms with Crippen molar-refractivity contribution in [2.45, 2.75) is 33.7 Å². The fourth-order valence-corrected chi connectivity index (χ4v) is 6.30. The highest BCUT2D eigenvalue weighted by Gasteiger charge is 2.33. The summed E-state index contributed by atoms with van der Waals surface area (Å²) >= 11 is 1.25. The first-order valence-electron chi connectivity index (χ1n) is 13.7. The Kier molecular flexibility index (Phi) is 8.31. The molecule has 0 radical (unpaired) electrons. The third kappa shape index (κ3) is 5.61. The number of carboxylic acids is 1. The zero-order valence-electron chi connectivity index (χ0n) is 24.3. The maximum Gasteiger partial charge on any atom is 0.338 e. The molecule has 3 heterocycles. The van der Waals surface area contributed by atoms with Gasteiger partial charge in [0.1, 0.15) is 12.4 Å². The summed E-state index contributed by atoms with van der Waals surface area (Å²) in [6.45, 7) is 11.5. The van der Waals surface area contributed by atoms with Crippen LogP contribution in [0.4, 0.5) is 0 Å². The molecule has 5 rings (SSSR count). The monoisotopic (exact) mass is 597 g/mol. The van der Waals surface area contributed by atoms with Crippen LogP contribution in [0.25, 0.3) is 11.8 Å². The van der Waals surface area contributed by atoms with Gasteiger partial charge in [-0.15, -0.1) is 0 Å². The van der Waals surface area contributed by atoms with E-state index in [2.05, 4.69) is 11.6 Å². The average molecular weight is 598 g/mol. The number of aryl methyl sites for hydroxylation is 1. The molecule has 0 saturated carbocycles. The number of carbonyl (C=O) groups excluding carboxylic acids is 1. The fraction of sp³-hybridized carbons (Fsp3) is 0.212. The van der Waals surface area contributed by atoms with Crippen LogP contribution in [0.3, 0.4) is 0 Å². The molecule has 2 aromatic carbocycles. The number of hydrogen-bond acceptors (Lipinski definition) is 7. The summed E-state index contributed by atoms with van der Waals surface area (Å²) in [5.41, 5.74) is 4.67. The Labute approximate surface area is 252 Å². The molecule has 0 saturated heterocycles. The molecule has 1 aliphatic rings. The van der Waals surface area contributed by atoms with E-state index in [1.165, 1.54) is 11.3 Å². The van der Waals surface area contributed by atoms with Crippen molar-refractivity contribution in [2.24, 2.45) is 4.99 Å². The number of aromatic nitrogens is 2. The predicted octanol–water partition coefficient (Wildman–Crippen LogP) is 4.47. The van der Waals surface area contributed by atoms with Crippen molar-refractivity contribution in [1.29, 1.82) is 0 Å². The van der Waals surface area contributed by atoms with Crippen LogP contribution in [-0.2, 0) is 9.53 Å². The first kappa shape index (κ1) is 29.5. The molecule has 2 aromatic heterocycles. The number of thiazole rings is 1. The summed E-state index contributed by atoms with van der Waals surface area (Å²) in [4.78, 5) is 43.9. The molecule has 0 amide bonds. The van der Waals surface area contributed by atoms with E-state index in [9.17, 15) is 19.5 Å². The van der Waals surface area contributed by atoms with E-state index in [0.717, 1.165) is 17.0 Å². The van der Waals surface area contributed by atoms with E-state index in [4.69, 9.17) is 9.47 Å². The molecule has 10 heteroatoms. The number of rotatable bonds is 9. The smallest absolute Gasteiger partial charge is 0.338 e. The van der Waals surface area contributed by atoms with Crippen molar-refractivity contribution < 1.29 is 24.2 Å². The number of hydrogen-bond donors (Lipinski definition) is 1. The third-order valence-corrected chi connectivity index (χ3v) is 8.17. The highest BCUT2D eigenvalue weighted by molar-refractivity contribution is 7.07. The second-order valence-electron chi connectivity index (χ2n) is 9.99. The number of allylic oxidation sites excluding steroid dienone is 1. The van der Waals surface area contributed by atoms with Gasteiger partial charge >= 0.3 is 11.9 Å². The van der Waals surface area contributed by atoms with Crippen molar-refractivity contribution in [2.75, 3.05) is 13.2 Å². The van der Waals surface area contributed by atoms with Gasteiger partial charge < -0.3 is 19.1 Å². The van der Waals surface area contributed by atoms with Crippen molar-refractivity contribution >= 4 is 29.4 Å². The average Bonchev–Trinajstić information content (AvgIpc) is 3.44. The number of benzene rings is 2. The Morgan fingerprint density at radius 1 is 1.12 bits per heavy atom. The lowest BCUT2D eigenvalue weighted by molar-refractivity contribution is -0.139. The summed E-state index contributed by atoms with van der Waals surface area (Å²) in [5.74, 6) is -0.891. The lowest BCUT2D eigenvalue weighted by Gasteiger charge is -2.24. The molecule has 1 atom stereocenters. The van der Waals surface area contributed by atoms with Crippen LogP contribution in [-0.4, -0.2) is 39.4 Å². The SMILES string of the molecule is C=CCOc1ccc([C@@H]2C(C(=O)OCC)=C(C)N=c3s/c(=C\c4cc(C)n(-c5cccc(C(=O)O)c5)c4C)c(=O)n32)cc1. The number of aromatic carboxylic acids is 1. The van der Waals surface area contributed by atoms with Gasteiger partial charge in [-0.1, -0.05) is 42.2 Å². The third-order valence-electron chi connectivity index (χ3n) is 7.19. The van der Waals surface area contributed by atoms with E-state index in [1.807, 2.05) is 48.8 Å². The molecule has 0 spiro atoms. The Morgan fingerprint density at radius 2 is 1.86 bits per heavy atom. The van der Waals surface area contributed by atoms with Crippen molar-refractivity contribution in [3.63, 3.8) is 0 Å². The van der Waals surface area contributed by atoms with E-state index in [-0.39, 0.29) is 17.7 Å². The first-order valence-corrected chi connectivity index (χ1v) is 14.5. The van der Waals surface area contributed by atoms with Crippen molar-refractivity contribution in [3.8, 4) is 11.4 Å². The number of fused-ring (bicyclic) bond motifs is 1. The molecule has 1 aliphatic heterocycles. The Bertz CT molecular complexity index is 1960. The summed E-state index contributed by atoms with van der Waals surface area (Å²) in [5, 5.41) is 9.46. The molecule has 1 N–H and O–H groups in total. The van der Waals surface area contributed by atoms with Gasteiger partial charge in [0.2, 0.25) is 0 Å². The Balaban J connectivity index is 1.65. The predicted molar refractivity (Wildman–Crippen MR) is 165 cm³/mol. The minimum Gasteiger partial charge on any atom is -0.490 e. The molecule has 0 unspecified atom stereocenters. The second kappa shape index (κ2) is 12.1. The summed E-state index contributed by atoms with van der Waals surface area (Å²) in [6, 6.07) is 15.2.